The second-order valence-electron chi connectivity index (χ2n) is 6.43. The van der Waals surface area contributed by atoms with Gasteiger partial charge in [0.15, 0.2) is 5.96 Å². The van der Waals surface area contributed by atoms with Gasteiger partial charge >= 0.3 is 0 Å². The van der Waals surface area contributed by atoms with Crippen LogP contribution in [0.3, 0.4) is 0 Å². The number of nitrogens with two attached hydrogens (primary N) is 1. The summed E-state index contributed by atoms with van der Waals surface area (Å²) in [6.45, 7) is 7.64. The van der Waals surface area contributed by atoms with Crippen LogP contribution in [0.1, 0.15) is 44.2 Å². The lowest BCUT2D eigenvalue weighted by Gasteiger charge is -2.30. The van der Waals surface area contributed by atoms with Gasteiger partial charge in [0.2, 0.25) is 0 Å². The smallest absolute Gasteiger partial charge is 0.189 e. The molecule has 136 valence electrons. The Hall–Kier alpha value is -0.860. The van der Waals surface area contributed by atoms with Crippen molar-refractivity contribution in [1.29, 1.82) is 0 Å². The standard InChI is InChI=1S/C18H30N4O.HI/c1-3-14(2)21-18(19)20-12-15-6-4-5-7-16(15)13-22-10-8-17(23)9-11-22;/h4-7,14,17,23H,3,8-13H2,1-2H3,(H3,19,20,21);1H. The Kier molecular flexibility index (Phi) is 9.61. The maximum atomic E-state index is 9.62. The van der Waals surface area contributed by atoms with Gasteiger partial charge in [0, 0.05) is 25.7 Å². The van der Waals surface area contributed by atoms with Crippen LogP contribution in [-0.2, 0) is 13.1 Å². The number of halogens is 1. The average molecular weight is 446 g/mol. The number of nitrogens with zero attached hydrogens (tertiary/aromatic N) is 2. The van der Waals surface area contributed by atoms with Gasteiger partial charge in [-0.1, -0.05) is 31.2 Å². The number of nitrogens with one attached hydrogen (secondary N) is 1. The molecule has 24 heavy (non-hydrogen) atoms. The molecule has 4 N–H and O–H groups in total. The molecule has 1 aliphatic rings. The summed E-state index contributed by atoms with van der Waals surface area (Å²) in [4.78, 5) is 6.87. The fourth-order valence-corrected chi connectivity index (χ4v) is 2.75. The van der Waals surface area contributed by atoms with Crippen LogP contribution in [0.5, 0.6) is 0 Å². The number of rotatable bonds is 6. The van der Waals surface area contributed by atoms with Crippen LogP contribution in [0.4, 0.5) is 0 Å². The van der Waals surface area contributed by atoms with Crippen molar-refractivity contribution in [3.05, 3.63) is 35.4 Å². The van der Waals surface area contributed by atoms with Gasteiger partial charge in [-0.3, -0.25) is 4.90 Å². The van der Waals surface area contributed by atoms with Gasteiger partial charge in [-0.25, -0.2) is 4.99 Å². The molecular formula is C18H31IN4O. The zero-order valence-electron chi connectivity index (χ0n) is 14.7. The van der Waals surface area contributed by atoms with Crippen molar-refractivity contribution in [2.45, 2.75) is 58.3 Å². The first kappa shape index (κ1) is 21.2. The number of aliphatic imine (C=N–C) groups is 1. The van der Waals surface area contributed by atoms with Crippen LogP contribution in [-0.4, -0.2) is 41.2 Å². The molecule has 1 saturated heterocycles. The number of aliphatic hydroxyl groups is 1. The molecular weight excluding hydrogens is 415 g/mol. The summed E-state index contributed by atoms with van der Waals surface area (Å²) in [5.41, 5.74) is 8.46. The largest absolute Gasteiger partial charge is 0.393 e. The highest BCUT2D eigenvalue weighted by Gasteiger charge is 2.17. The maximum Gasteiger partial charge on any atom is 0.189 e. The van der Waals surface area contributed by atoms with Crippen molar-refractivity contribution >= 4 is 29.9 Å². The molecule has 0 bridgehead atoms. The van der Waals surface area contributed by atoms with Crippen LogP contribution < -0.4 is 11.1 Å². The number of hydrogen-bond acceptors (Lipinski definition) is 3. The molecule has 1 unspecified atom stereocenters. The minimum atomic E-state index is -0.127. The van der Waals surface area contributed by atoms with Crippen LogP contribution >= 0.6 is 24.0 Å². The molecule has 1 atom stereocenters. The van der Waals surface area contributed by atoms with Gasteiger partial charge in [0.1, 0.15) is 0 Å². The van der Waals surface area contributed by atoms with E-state index in [0.29, 0.717) is 18.5 Å². The molecule has 0 aliphatic carbocycles. The Balaban J connectivity index is 0.00000288. The topological polar surface area (TPSA) is 73.9 Å². The number of aliphatic hydroxyl groups excluding tert-OH is 1. The Morgan fingerprint density at radius 2 is 1.96 bits per heavy atom. The van der Waals surface area contributed by atoms with E-state index in [9.17, 15) is 5.11 Å². The number of piperidine rings is 1. The molecule has 0 saturated carbocycles. The predicted molar refractivity (Wildman–Crippen MR) is 111 cm³/mol. The second kappa shape index (κ2) is 10.9. The molecule has 0 spiro atoms. The summed E-state index contributed by atoms with van der Waals surface area (Å²) in [6.07, 6.45) is 2.63. The summed E-state index contributed by atoms with van der Waals surface area (Å²) >= 11 is 0. The molecule has 0 amide bonds. The summed E-state index contributed by atoms with van der Waals surface area (Å²) in [7, 11) is 0. The van der Waals surface area contributed by atoms with E-state index in [4.69, 9.17) is 5.73 Å². The fourth-order valence-electron chi connectivity index (χ4n) is 2.75. The molecule has 1 fully saturated rings. The fraction of sp³-hybridized carbons (Fsp3) is 0.611. The molecule has 1 aromatic rings. The molecule has 1 aliphatic heterocycles. The number of benzene rings is 1. The Morgan fingerprint density at radius 1 is 1.33 bits per heavy atom. The summed E-state index contributed by atoms with van der Waals surface area (Å²) < 4.78 is 0. The number of likely N-dealkylation sites (tertiary alicyclic amines) is 1. The zero-order chi connectivity index (χ0) is 16.7. The van der Waals surface area contributed by atoms with Gasteiger partial charge in [-0.2, -0.15) is 0 Å². The summed E-state index contributed by atoms with van der Waals surface area (Å²) in [6, 6.07) is 8.74. The molecule has 6 heteroatoms. The van der Waals surface area contributed by atoms with Gasteiger partial charge in [-0.05, 0) is 37.3 Å². The quantitative estimate of drug-likeness (QED) is 0.357. The van der Waals surface area contributed by atoms with Crippen LogP contribution in [0.15, 0.2) is 29.3 Å². The molecule has 5 nitrogen and oxygen atoms in total. The van der Waals surface area contributed by atoms with Crippen molar-refractivity contribution in [2.75, 3.05) is 13.1 Å². The lowest BCUT2D eigenvalue weighted by atomic mass is 10.0. The van der Waals surface area contributed by atoms with Crippen LogP contribution in [0.25, 0.3) is 0 Å². The third-order valence-electron chi connectivity index (χ3n) is 4.50. The average Bonchev–Trinajstić information content (AvgIpc) is 2.56. The Labute approximate surface area is 162 Å². The highest BCUT2D eigenvalue weighted by atomic mass is 127. The maximum absolute atomic E-state index is 9.62. The second-order valence-corrected chi connectivity index (χ2v) is 6.43. The van der Waals surface area contributed by atoms with Gasteiger partial charge in [-0.15, -0.1) is 24.0 Å². The van der Waals surface area contributed by atoms with Crippen molar-refractivity contribution in [3.8, 4) is 0 Å². The summed E-state index contributed by atoms with van der Waals surface area (Å²) in [5, 5.41) is 12.8. The predicted octanol–water partition coefficient (Wildman–Crippen LogP) is 2.46. The number of hydrogen-bond donors (Lipinski definition) is 3. The number of guanidine groups is 1. The first-order valence-corrected chi connectivity index (χ1v) is 8.62. The van der Waals surface area contributed by atoms with Crippen molar-refractivity contribution < 1.29 is 5.11 Å². The van der Waals surface area contributed by atoms with E-state index < -0.39 is 0 Å². The van der Waals surface area contributed by atoms with E-state index >= 15 is 0 Å². The minimum Gasteiger partial charge on any atom is -0.393 e. The molecule has 1 heterocycles. The first-order chi connectivity index (χ1) is 11.1. The van der Waals surface area contributed by atoms with E-state index in [0.717, 1.165) is 38.9 Å². The van der Waals surface area contributed by atoms with E-state index in [2.05, 4.69) is 47.3 Å². The zero-order valence-corrected chi connectivity index (χ0v) is 17.1. The van der Waals surface area contributed by atoms with Gasteiger partial charge in [0.25, 0.3) is 0 Å². The third kappa shape index (κ3) is 6.94. The SMILES string of the molecule is CCC(C)NC(N)=NCc1ccccc1CN1CCC(O)CC1.I. The lowest BCUT2D eigenvalue weighted by molar-refractivity contribution is 0.0791. The third-order valence-corrected chi connectivity index (χ3v) is 4.50. The summed E-state index contributed by atoms with van der Waals surface area (Å²) in [5.74, 6) is 0.509. The Bertz CT molecular complexity index is 515. The van der Waals surface area contributed by atoms with Crippen molar-refractivity contribution in [1.82, 2.24) is 10.2 Å². The minimum absolute atomic E-state index is 0. The molecule has 0 aromatic heterocycles. The highest BCUT2D eigenvalue weighted by Crippen LogP contribution is 2.17. The monoisotopic (exact) mass is 446 g/mol. The lowest BCUT2D eigenvalue weighted by Crippen LogP contribution is -2.38. The van der Waals surface area contributed by atoms with Crippen molar-refractivity contribution in [3.63, 3.8) is 0 Å². The van der Waals surface area contributed by atoms with E-state index in [-0.39, 0.29) is 30.1 Å². The highest BCUT2D eigenvalue weighted by molar-refractivity contribution is 14.0. The van der Waals surface area contributed by atoms with Gasteiger partial charge in [0.05, 0.1) is 12.6 Å². The normalized spacial score (nSPS) is 18.0. The van der Waals surface area contributed by atoms with Gasteiger partial charge < -0.3 is 16.2 Å². The molecule has 1 aromatic carbocycles. The van der Waals surface area contributed by atoms with Crippen LogP contribution in [0, 0.1) is 0 Å². The van der Waals surface area contributed by atoms with E-state index in [1.807, 2.05) is 6.07 Å². The molecule has 2 rings (SSSR count). The first-order valence-electron chi connectivity index (χ1n) is 8.62. The molecule has 0 radical (unpaired) electrons. The van der Waals surface area contributed by atoms with Crippen molar-refractivity contribution in [2.24, 2.45) is 10.7 Å². The Morgan fingerprint density at radius 3 is 2.58 bits per heavy atom. The van der Waals surface area contributed by atoms with E-state index in [1.165, 1.54) is 11.1 Å². The van der Waals surface area contributed by atoms with E-state index in [1.54, 1.807) is 0 Å². The van der Waals surface area contributed by atoms with Crippen LogP contribution in [0.2, 0.25) is 0 Å².